The van der Waals surface area contributed by atoms with E-state index in [1.54, 1.807) is 19.3 Å². The van der Waals surface area contributed by atoms with E-state index in [0.717, 1.165) is 57.3 Å². The first-order chi connectivity index (χ1) is 13.2. The molecule has 0 spiro atoms. The summed E-state index contributed by atoms with van der Waals surface area (Å²) in [5.41, 5.74) is 0. The number of piperidine rings is 1. The zero-order valence-electron chi connectivity index (χ0n) is 15.6. The number of likely N-dealkylation sites (tertiary alicyclic amines) is 1. The zero-order valence-corrected chi connectivity index (χ0v) is 15.6. The highest BCUT2D eigenvalue weighted by atomic mass is 16.5. The number of aryl methyl sites for hydroxylation is 1. The molecular weight excluding hydrogens is 346 g/mol. The lowest BCUT2D eigenvalue weighted by atomic mass is 9.97. The Morgan fingerprint density at radius 2 is 1.96 bits per heavy atom. The second kappa shape index (κ2) is 7.99. The maximum Gasteiger partial charge on any atom is 0.236 e. The van der Waals surface area contributed by atoms with E-state index in [-0.39, 0.29) is 11.8 Å². The molecule has 144 valence electrons. The smallest absolute Gasteiger partial charge is 0.236 e. The number of amides is 1. The van der Waals surface area contributed by atoms with Crippen LogP contribution < -0.4 is 4.90 Å². The van der Waals surface area contributed by atoms with Gasteiger partial charge < -0.3 is 14.3 Å². The number of rotatable bonds is 4. The number of anilines is 1. The van der Waals surface area contributed by atoms with Crippen molar-refractivity contribution in [3.63, 3.8) is 0 Å². The van der Waals surface area contributed by atoms with E-state index in [2.05, 4.69) is 29.9 Å². The molecule has 0 aliphatic carbocycles. The van der Waals surface area contributed by atoms with E-state index in [1.165, 1.54) is 0 Å². The molecule has 2 aliphatic rings. The van der Waals surface area contributed by atoms with Gasteiger partial charge in [0.1, 0.15) is 0 Å². The number of hydrogen-bond acceptors (Lipinski definition) is 8. The van der Waals surface area contributed by atoms with E-state index in [4.69, 9.17) is 4.52 Å². The first kappa shape index (κ1) is 17.8. The molecule has 1 amide bonds. The standard InChI is InChI=1S/C18H25N7O2/c1-14-21-17(22-27-14)15-4-2-7-25(12-15)16(26)13-23-8-10-24(11-9-23)18-19-5-3-6-20-18/h3,5-6,15H,2,4,7-13H2,1H3/t15-/m1/s1. The SMILES string of the molecule is Cc1nc([C@@H]2CCCN(C(=O)CN3CCN(c4ncccn4)CC3)C2)no1. The van der Waals surface area contributed by atoms with E-state index >= 15 is 0 Å². The van der Waals surface area contributed by atoms with Crippen LogP contribution in [0.25, 0.3) is 0 Å². The number of piperazine rings is 1. The summed E-state index contributed by atoms with van der Waals surface area (Å²) >= 11 is 0. The molecule has 0 bridgehead atoms. The van der Waals surface area contributed by atoms with Gasteiger partial charge in [0.2, 0.25) is 17.7 Å². The molecule has 0 unspecified atom stereocenters. The van der Waals surface area contributed by atoms with E-state index in [1.807, 2.05) is 11.0 Å². The first-order valence-corrected chi connectivity index (χ1v) is 9.51. The minimum atomic E-state index is 0.173. The monoisotopic (exact) mass is 371 g/mol. The van der Waals surface area contributed by atoms with Crippen molar-refractivity contribution in [2.45, 2.75) is 25.7 Å². The third kappa shape index (κ3) is 4.24. The van der Waals surface area contributed by atoms with Crippen LogP contribution in [0.4, 0.5) is 5.95 Å². The molecule has 0 saturated carbocycles. The van der Waals surface area contributed by atoms with Crippen molar-refractivity contribution in [2.75, 3.05) is 50.7 Å². The van der Waals surface area contributed by atoms with Crippen LogP contribution in [-0.2, 0) is 4.79 Å². The average Bonchev–Trinajstić information content (AvgIpc) is 3.16. The fourth-order valence-electron chi connectivity index (χ4n) is 3.75. The van der Waals surface area contributed by atoms with Crippen LogP contribution in [0.3, 0.4) is 0 Å². The highest BCUT2D eigenvalue weighted by Crippen LogP contribution is 2.25. The molecule has 4 heterocycles. The molecular formula is C18H25N7O2. The number of carbonyl (C=O) groups excluding carboxylic acids is 1. The maximum absolute atomic E-state index is 12.8. The normalized spacial score (nSPS) is 21.4. The van der Waals surface area contributed by atoms with Gasteiger partial charge in [0.05, 0.1) is 6.54 Å². The minimum absolute atomic E-state index is 0.173. The number of nitrogens with zero attached hydrogens (tertiary/aromatic N) is 7. The molecule has 2 aromatic rings. The van der Waals surface area contributed by atoms with E-state index in [9.17, 15) is 4.79 Å². The summed E-state index contributed by atoms with van der Waals surface area (Å²) in [5, 5.41) is 4.03. The average molecular weight is 371 g/mol. The fourth-order valence-corrected chi connectivity index (χ4v) is 3.75. The summed E-state index contributed by atoms with van der Waals surface area (Å²) in [7, 11) is 0. The van der Waals surface area contributed by atoms with Crippen LogP contribution in [0.1, 0.15) is 30.5 Å². The van der Waals surface area contributed by atoms with Crippen molar-refractivity contribution in [1.29, 1.82) is 0 Å². The van der Waals surface area contributed by atoms with E-state index in [0.29, 0.717) is 19.0 Å². The topological polar surface area (TPSA) is 91.5 Å². The number of carbonyl (C=O) groups is 1. The third-order valence-electron chi connectivity index (χ3n) is 5.25. The lowest BCUT2D eigenvalue weighted by Gasteiger charge is -2.36. The van der Waals surface area contributed by atoms with Crippen molar-refractivity contribution < 1.29 is 9.32 Å². The molecule has 2 fully saturated rings. The van der Waals surface area contributed by atoms with Gasteiger partial charge in [-0.25, -0.2) is 9.97 Å². The second-order valence-electron chi connectivity index (χ2n) is 7.16. The highest BCUT2D eigenvalue weighted by Gasteiger charge is 2.29. The Balaban J connectivity index is 1.28. The van der Waals surface area contributed by atoms with Crippen LogP contribution in [-0.4, -0.2) is 81.6 Å². The third-order valence-corrected chi connectivity index (χ3v) is 5.25. The van der Waals surface area contributed by atoms with Crippen LogP contribution in [0.2, 0.25) is 0 Å². The Kier molecular flexibility index (Phi) is 5.28. The molecule has 27 heavy (non-hydrogen) atoms. The lowest BCUT2D eigenvalue weighted by Crippen LogP contribution is -2.51. The zero-order chi connectivity index (χ0) is 18.6. The molecule has 9 heteroatoms. The Labute approximate surface area is 158 Å². The summed E-state index contributed by atoms with van der Waals surface area (Å²) in [4.78, 5) is 32.0. The van der Waals surface area contributed by atoms with Crippen LogP contribution in [0.15, 0.2) is 23.0 Å². The van der Waals surface area contributed by atoms with Gasteiger partial charge in [0, 0.05) is 64.5 Å². The molecule has 0 radical (unpaired) electrons. The Morgan fingerprint density at radius 3 is 2.67 bits per heavy atom. The van der Waals surface area contributed by atoms with Gasteiger partial charge >= 0.3 is 0 Å². The summed E-state index contributed by atoms with van der Waals surface area (Å²) in [6, 6.07) is 1.82. The summed E-state index contributed by atoms with van der Waals surface area (Å²) in [6.45, 7) is 7.09. The van der Waals surface area contributed by atoms with Crippen molar-refractivity contribution in [2.24, 2.45) is 0 Å². The fraction of sp³-hybridized carbons (Fsp3) is 0.611. The van der Waals surface area contributed by atoms with Gasteiger partial charge in [0.15, 0.2) is 5.82 Å². The van der Waals surface area contributed by atoms with Crippen molar-refractivity contribution >= 4 is 11.9 Å². The van der Waals surface area contributed by atoms with Gasteiger partial charge in [0.25, 0.3) is 0 Å². The number of hydrogen-bond donors (Lipinski definition) is 0. The largest absolute Gasteiger partial charge is 0.341 e. The molecule has 0 N–H and O–H groups in total. The van der Waals surface area contributed by atoms with Crippen molar-refractivity contribution in [3.8, 4) is 0 Å². The Morgan fingerprint density at radius 1 is 1.19 bits per heavy atom. The molecule has 2 aliphatic heterocycles. The molecule has 2 saturated heterocycles. The van der Waals surface area contributed by atoms with Crippen LogP contribution in [0.5, 0.6) is 0 Å². The summed E-state index contributed by atoms with van der Waals surface area (Å²) in [5.74, 6) is 2.42. The maximum atomic E-state index is 12.8. The molecule has 9 nitrogen and oxygen atoms in total. The van der Waals surface area contributed by atoms with Gasteiger partial charge in [-0.15, -0.1) is 0 Å². The predicted octanol–water partition coefficient (Wildman–Crippen LogP) is 0.696. The Hall–Kier alpha value is -2.55. The minimum Gasteiger partial charge on any atom is -0.341 e. The number of aromatic nitrogens is 4. The van der Waals surface area contributed by atoms with Gasteiger partial charge in [-0.05, 0) is 18.9 Å². The Bertz CT molecular complexity index is 758. The van der Waals surface area contributed by atoms with Crippen LogP contribution >= 0.6 is 0 Å². The summed E-state index contributed by atoms with van der Waals surface area (Å²) < 4.78 is 5.09. The first-order valence-electron chi connectivity index (χ1n) is 9.51. The molecule has 0 aromatic carbocycles. The van der Waals surface area contributed by atoms with Crippen molar-refractivity contribution in [1.82, 2.24) is 29.9 Å². The lowest BCUT2D eigenvalue weighted by molar-refractivity contribution is -0.133. The van der Waals surface area contributed by atoms with Crippen molar-refractivity contribution in [3.05, 3.63) is 30.2 Å². The summed E-state index contributed by atoms with van der Waals surface area (Å²) in [6.07, 6.45) is 5.49. The molecule has 4 rings (SSSR count). The highest BCUT2D eigenvalue weighted by molar-refractivity contribution is 5.78. The molecule has 2 aromatic heterocycles. The van der Waals surface area contributed by atoms with Crippen LogP contribution in [0, 0.1) is 6.92 Å². The van der Waals surface area contributed by atoms with E-state index < -0.39 is 0 Å². The molecule has 1 atom stereocenters. The quantitative estimate of drug-likeness (QED) is 0.775. The van der Waals surface area contributed by atoms with Gasteiger partial charge in [-0.1, -0.05) is 5.16 Å². The second-order valence-corrected chi connectivity index (χ2v) is 7.16. The van der Waals surface area contributed by atoms with Gasteiger partial charge in [-0.2, -0.15) is 4.98 Å². The predicted molar refractivity (Wildman–Crippen MR) is 98.3 cm³/mol. The van der Waals surface area contributed by atoms with Gasteiger partial charge in [-0.3, -0.25) is 9.69 Å².